The van der Waals surface area contributed by atoms with Crippen LogP contribution in [0.25, 0.3) is 0 Å². The summed E-state index contributed by atoms with van der Waals surface area (Å²) < 4.78 is 28.7. The Labute approximate surface area is 179 Å². The Balaban J connectivity index is 1.44. The number of hydrogen-bond donors (Lipinski definition) is 0. The summed E-state index contributed by atoms with van der Waals surface area (Å²) in [4.78, 5) is 0. The summed E-state index contributed by atoms with van der Waals surface area (Å²) in [6, 6.07) is 14.9. The van der Waals surface area contributed by atoms with Gasteiger partial charge in [-0.1, -0.05) is 75.8 Å². The van der Waals surface area contributed by atoms with Gasteiger partial charge in [0.25, 0.3) is 0 Å². The Morgan fingerprint density at radius 2 is 1.37 bits per heavy atom. The summed E-state index contributed by atoms with van der Waals surface area (Å²) in [5.41, 5.74) is 3.11. The van der Waals surface area contributed by atoms with Gasteiger partial charge in [-0.05, 0) is 66.6 Å². The molecule has 30 heavy (non-hydrogen) atoms. The quantitative estimate of drug-likeness (QED) is 0.407. The molecule has 3 heteroatoms. The summed E-state index contributed by atoms with van der Waals surface area (Å²) in [6.45, 7) is -0.519. The number of rotatable bonds is 8. The van der Waals surface area contributed by atoms with E-state index in [1.54, 1.807) is 12.1 Å². The van der Waals surface area contributed by atoms with Crippen LogP contribution in [0.1, 0.15) is 75.0 Å². The highest BCUT2D eigenvalue weighted by Gasteiger charge is 2.20. The van der Waals surface area contributed by atoms with Gasteiger partial charge in [0.2, 0.25) is 0 Å². The van der Waals surface area contributed by atoms with E-state index >= 15 is 0 Å². The van der Waals surface area contributed by atoms with Gasteiger partial charge in [-0.25, -0.2) is 0 Å². The van der Waals surface area contributed by atoms with Gasteiger partial charge in [-0.2, -0.15) is 8.78 Å². The Morgan fingerprint density at radius 1 is 0.833 bits per heavy atom. The Kier molecular flexibility index (Phi) is 8.75. The minimum absolute atomic E-state index is 0.148. The summed E-state index contributed by atoms with van der Waals surface area (Å²) >= 11 is 0. The van der Waals surface area contributed by atoms with E-state index in [9.17, 15) is 8.78 Å². The third-order valence-electron chi connectivity index (χ3n) is 6.16. The first kappa shape index (κ1) is 22.3. The molecule has 2 aromatic rings. The van der Waals surface area contributed by atoms with Crippen LogP contribution in [0.2, 0.25) is 0 Å². The highest BCUT2D eigenvalue weighted by atomic mass is 19.3. The van der Waals surface area contributed by atoms with Crippen LogP contribution in [0.5, 0.6) is 5.75 Å². The van der Waals surface area contributed by atoms with Gasteiger partial charge in [-0.3, -0.25) is 0 Å². The molecule has 1 fully saturated rings. The largest absolute Gasteiger partial charge is 0.435 e. The molecule has 1 aliphatic rings. The minimum Gasteiger partial charge on any atom is -0.435 e. The van der Waals surface area contributed by atoms with Gasteiger partial charge in [-0.15, -0.1) is 0 Å². The van der Waals surface area contributed by atoms with E-state index in [-0.39, 0.29) is 5.75 Å². The summed E-state index contributed by atoms with van der Waals surface area (Å²) in [6.07, 6.45) is 12.2. The average molecular weight is 411 g/mol. The van der Waals surface area contributed by atoms with E-state index in [0.717, 1.165) is 29.4 Å². The molecule has 1 saturated carbocycles. The first-order valence-corrected chi connectivity index (χ1v) is 11.3. The number of alkyl halides is 2. The first-order valence-electron chi connectivity index (χ1n) is 11.3. The first-order chi connectivity index (χ1) is 14.6. The third-order valence-corrected chi connectivity index (χ3v) is 6.16. The molecule has 3 rings (SSSR count). The smallest absolute Gasteiger partial charge is 0.387 e. The van der Waals surface area contributed by atoms with Crippen LogP contribution in [0.3, 0.4) is 0 Å². The number of aryl methyl sites for hydroxylation is 1. The fourth-order valence-electron chi connectivity index (χ4n) is 4.29. The van der Waals surface area contributed by atoms with Gasteiger partial charge in [0.15, 0.2) is 0 Å². The topological polar surface area (TPSA) is 9.23 Å². The third kappa shape index (κ3) is 7.48. The fourth-order valence-corrected chi connectivity index (χ4v) is 4.29. The lowest BCUT2D eigenvalue weighted by molar-refractivity contribution is -0.0498. The zero-order valence-electron chi connectivity index (χ0n) is 17.9. The van der Waals surface area contributed by atoms with Crippen molar-refractivity contribution in [3.8, 4) is 17.6 Å². The standard InChI is InChI=1S/C27H32F2O/c1-2-3-4-21-5-7-22(8-6-21)9-10-23-11-13-24(14-12-23)15-16-25-17-19-26(20-18-25)30-27(28)29/h11-14,17-22,27H,2-10H2,1H3/t21-,22-. The van der Waals surface area contributed by atoms with Crippen LogP contribution < -0.4 is 4.74 Å². The van der Waals surface area contributed by atoms with Crippen molar-refractivity contribution in [2.24, 2.45) is 11.8 Å². The van der Waals surface area contributed by atoms with Gasteiger partial charge in [0, 0.05) is 11.1 Å². The molecule has 1 aliphatic carbocycles. The SMILES string of the molecule is CCCC[C@H]1CC[C@H](CCc2ccc(C#Cc3ccc(OC(F)F)cc3)cc2)CC1. The van der Waals surface area contributed by atoms with Crippen LogP contribution in [0.15, 0.2) is 48.5 Å². The molecular weight excluding hydrogens is 378 g/mol. The molecule has 160 valence electrons. The van der Waals surface area contributed by atoms with Crippen LogP contribution in [0.4, 0.5) is 8.78 Å². The molecule has 2 aromatic carbocycles. The number of unbranched alkanes of at least 4 members (excludes halogenated alkanes) is 1. The molecule has 0 bridgehead atoms. The Bertz CT molecular complexity index is 807. The van der Waals surface area contributed by atoms with E-state index in [1.165, 1.54) is 69.1 Å². The van der Waals surface area contributed by atoms with E-state index in [1.807, 2.05) is 0 Å². The maximum atomic E-state index is 12.2. The maximum absolute atomic E-state index is 12.2. The Morgan fingerprint density at radius 3 is 1.90 bits per heavy atom. The molecule has 0 aliphatic heterocycles. The molecule has 0 N–H and O–H groups in total. The summed E-state index contributed by atoms with van der Waals surface area (Å²) in [5.74, 6) is 8.22. The molecule has 0 saturated heterocycles. The van der Waals surface area contributed by atoms with Crippen LogP contribution in [0, 0.1) is 23.7 Å². The second kappa shape index (κ2) is 11.7. The molecule has 0 atom stereocenters. The normalized spacial score (nSPS) is 18.7. The van der Waals surface area contributed by atoms with Crippen LogP contribution >= 0.6 is 0 Å². The molecule has 0 amide bonds. The predicted octanol–water partition coefficient (Wildman–Crippen LogP) is 7.62. The van der Waals surface area contributed by atoms with Crippen molar-refractivity contribution in [1.82, 2.24) is 0 Å². The van der Waals surface area contributed by atoms with Gasteiger partial charge in [0.1, 0.15) is 5.75 Å². The number of benzene rings is 2. The van der Waals surface area contributed by atoms with E-state index in [0.29, 0.717) is 0 Å². The predicted molar refractivity (Wildman–Crippen MR) is 119 cm³/mol. The zero-order chi connectivity index (χ0) is 21.2. The van der Waals surface area contributed by atoms with E-state index in [2.05, 4.69) is 47.8 Å². The van der Waals surface area contributed by atoms with Gasteiger partial charge < -0.3 is 4.74 Å². The second-order valence-corrected chi connectivity index (χ2v) is 8.42. The van der Waals surface area contributed by atoms with Gasteiger partial charge in [0.05, 0.1) is 0 Å². The maximum Gasteiger partial charge on any atom is 0.387 e. The average Bonchev–Trinajstić information content (AvgIpc) is 2.77. The second-order valence-electron chi connectivity index (χ2n) is 8.42. The Hall–Kier alpha value is -2.34. The molecule has 0 unspecified atom stereocenters. The lowest BCUT2D eigenvalue weighted by Gasteiger charge is -2.28. The van der Waals surface area contributed by atoms with Crippen LogP contribution in [-0.2, 0) is 6.42 Å². The molecule has 0 radical (unpaired) electrons. The van der Waals surface area contributed by atoms with Crippen molar-refractivity contribution >= 4 is 0 Å². The van der Waals surface area contributed by atoms with Crippen molar-refractivity contribution in [3.63, 3.8) is 0 Å². The molecule has 0 heterocycles. The molecule has 0 spiro atoms. The summed E-state index contributed by atoms with van der Waals surface area (Å²) in [5, 5.41) is 0. The minimum atomic E-state index is -2.80. The highest BCUT2D eigenvalue weighted by molar-refractivity contribution is 5.44. The van der Waals surface area contributed by atoms with Gasteiger partial charge >= 0.3 is 6.61 Å². The van der Waals surface area contributed by atoms with Crippen molar-refractivity contribution in [2.75, 3.05) is 0 Å². The lowest BCUT2D eigenvalue weighted by Crippen LogP contribution is -2.15. The highest BCUT2D eigenvalue weighted by Crippen LogP contribution is 2.34. The zero-order valence-corrected chi connectivity index (χ0v) is 17.9. The molecular formula is C27H32F2O. The number of halogens is 2. The fraction of sp³-hybridized carbons (Fsp3) is 0.481. The lowest BCUT2D eigenvalue weighted by atomic mass is 9.78. The van der Waals surface area contributed by atoms with E-state index < -0.39 is 6.61 Å². The van der Waals surface area contributed by atoms with E-state index in [4.69, 9.17) is 0 Å². The van der Waals surface area contributed by atoms with Crippen LogP contribution in [-0.4, -0.2) is 6.61 Å². The van der Waals surface area contributed by atoms with Crippen molar-refractivity contribution in [3.05, 3.63) is 65.2 Å². The number of hydrogen-bond acceptors (Lipinski definition) is 1. The summed E-state index contributed by atoms with van der Waals surface area (Å²) in [7, 11) is 0. The van der Waals surface area contributed by atoms with Crippen molar-refractivity contribution < 1.29 is 13.5 Å². The monoisotopic (exact) mass is 410 g/mol. The van der Waals surface area contributed by atoms with Crippen molar-refractivity contribution in [1.29, 1.82) is 0 Å². The number of ether oxygens (including phenoxy) is 1. The molecule has 1 nitrogen and oxygen atoms in total. The molecule has 0 aromatic heterocycles. The van der Waals surface area contributed by atoms with Crippen molar-refractivity contribution in [2.45, 2.75) is 71.3 Å².